The summed E-state index contributed by atoms with van der Waals surface area (Å²) in [5.41, 5.74) is 12.1. The number of phenolic OH excluding ortho intramolecular Hbond substituents is 1. The Morgan fingerprint density at radius 3 is 1.91 bits per heavy atom. The molecule has 0 aromatic heterocycles. The molecule has 57 heavy (non-hydrogen) atoms. The van der Waals surface area contributed by atoms with Gasteiger partial charge >= 0.3 is 0 Å². The molecule has 0 amide bonds. The number of Topliss-reactive ketones (excluding diaryl/α,β-unsaturated/α-hetero) is 1. The maximum absolute atomic E-state index is 13.7. The van der Waals surface area contributed by atoms with Crippen molar-refractivity contribution in [2.24, 2.45) is 25.6 Å². The number of hydrogen-bond acceptors (Lipinski definition) is 17. The Kier molecular flexibility index (Phi) is 10.7. The second kappa shape index (κ2) is 15.3. The van der Waals surface area contributed by atoms with E-state index in [2.05, 4.69) is 36.3 Å². The Morgan fingerprint density at radius 2 is 1.28 bits per heavy atom. The topological polar surface area (TPSA) is 338 Å². The minimum atomic E-state index is -5.22. The van der Waals surface area contributed by atoms with Crippen LogP contribution in [-0.2, 0) is 30.4 Å². The fourth-order valence-corrected chi connectivity index (χ4v) is 7.23. The van der Waals surface area contributed by atoms with Gasteiger partial charge in [-0.05, 0) is 84.4 Å². The van der Waals surface area contributed by atoms with Gasteiger partial charge in [0, 0.05) is 17.4 Å². The van der Waals surface area contributed by atoms with E-state index in [1.165, 1.54) is 66.7 Å². The van der Waals surface area contributed by atoms with Crippen LogP contribution >= 0.6 is 0 Å². The number of anilines is 5. The average molecular weight is 834 g/mol. The summed E-state index contributed by atoms with van der Waals surface area (Å²) in [6, 6.07) is 22.3. The predicted octanol–water partition coefficient (Wildman–Crippen LogP) is 6.52. The molecule has 0 radical (unpaired) electrons. The maximum Gasteiger partial charge on any atom is 0.296 e. The molecule has 20 nitrogen and oxygen atoms in total. The summed E-state index contributed by atoms with van der Waals surface area (Å²) in [7, 11) is -15.3. The van der Waals surface area contributed by atoms with Gasteiger partial charge in [0.05, 0.1) is 34.0 Å². The second-order valence-electron chi connectivity index (χ2n) is 11.8. The molecule has 0 spiro atoms. The minimum Gasteiger partial charge on any atom is -0.506 e. The summed E-state index contributed by atoms with van der Waals surface area (Å²) in [4.78, 5) is 11.0. The molecule has 5 aromatic rings. The fourth-order valence-electron chi connectivity index (χ4n) is 5.23. The van der Waals surface area contributed by atoms with Crippen molar-refractivity contribution >= 4 is 99.1 Å². The van der Waals surface area contributed by atoms with E-state index >= 15 is 0 Å². The summed E-state index contributed by atoms with van der Waals surface area (Å²) >= 11 is 0. The van der Waals surface area contributed by atoms with E-state index in [9.17, 15) is 48.8 Å². The molecule has 0 unspecified atom stereocenters. The molecule has 0 aliphatic heterocycles. The number of nitrogens with one attached hydrogen (secondary N) is 2. The van der Waals surface area contributed by atoms with Crippen molar-refractivity contribution in [1.29, 1.82) is 0 Å². The third kappa shape index (κ3) is 8.99. The summed E-state index contributed by atoms with van der Waals surface area (Å²) in [6.07, 6.45) is 0.721. The highest BCUT2D eigenvalue weighted by Crippen LogP contribution is 2.41. The molecule has 0 saturated heterocycles. The van der Waals surface area contributed by atoms with Crippen LogP contribution in [0.4, 0.5) is 51.2 Å². The number of nitrogen functional groups attached to an aromatic ring is 2. The van der Waals surface area contributed by atoms with Gasteiger partial charge in [-0.1, -0.05) is 18.2 Å². The lowest BCUT2D eigenvalue weighted by Crippen LogP contribution is -2.28. The second-order valence-corrected chi connectivity index (χ2v) is 16.0. The van der Waals surface area contributed by atoms with Crippen LogP contribution in [-0.4, -0.2) is 55.5 Å². The van der Waals surface area contributed by atoms with Crippen LogP contribution in [0.25, 0.3) is 6.08 Å². The van der Waals surface area contributed by atoms with Crippen molar-refractivity contribution in [3.05, 3.63) is 113 Å². The number of carbonyl (C=O) groups excluding carboxylic acids is 1. The van der Waals surface area contributed by atoms with E-state index in [1.54, 1.807) is 18.2 Å². The summed E-state index contributed by atoms with van der Waals surface area (Å²) in [5.74, 6) is -1.37. The minimum absolute atomic E-state index is 0.132. The molecule has 5 aromatic carbocycles. The van der Waals surface area contributed by atoms with Crippen LogP contribution in [0.2, 0.25) is 0 Å². The number of allylic oxidation sites excluding steroid dienone is 1. The smallest absolute Gasteiger partial charge is 0.296 e. The number of ketones is 1. The first-order valence-corrected chi connectivity index (χ1v) is 20.1. The van der Waals surface area contributed by atoms with Crippen LogP contribution < -0.4 is 22.2 Å². The zero-order chi connectivity index (χ0) is 41.3. The molecule has 10 N–H and O–H groups in total. The van der Waals surface area contributed by atoms with E-state index in [0.29, 0.717) is 28.8 Å². The molecule has 1 aliphatic rings. The lowest BCUT2D eigenvalue weighted by molar-refractivity contribution is 0.106. The van der Waals surface area contributed by atoms with E-state index in [1.807, 2.05) is 0 Å². The average Bonchev–Trinajstić information content (AvgIpc) is 3.13. The van der Waals surface area contributed by atoms with Crippen LogP contribution in [0.5, 0.6) is 5.75 Å². The van der Waals surface area contributed by atoms with Crippen LogP contribution in [0.3, 0.4) is 0 Å². The van der Waals surface area contributed by atoms with E-state index in [0.717, 1.165) is 12.1 Å². The Morgan fingerprint density at radius 1 is 0.632 bits per heavy atom. The van der Waals surface area contributed by atoms with Crippen LogP contribution in [0, 0.1) is 0 Å². The molecule has 0 fully saturated rings. The third-order valence-corrected chi connectivity index (χ3v) is 10.5. The lowest BCUT2D eigenvalue weighted by atomic mass is 9.92. The van der Waals surface area contributed by atoms with Crippen LogP contribution in [0.15, 0.2) is 137 Å². The zero-order valence-electron chi connectivity index (χ0n) is 28.6. The largest absolute Gasteiger partial charge is 0.506 e. The zero-order valence-corrected chi connectivity index (χ0v) is 31.0. The van der Waals surface area contributed by atoms with Gasteiger partial charge in [-0.3, -0.25) is 23.9 Å². The number of para-hydroxylation sites is 1. The third-order valence-electron chi connectivity index (χ3n) is 7.85. The van der Waals surface area contributed by atoms with Gasteiger partial charge in [0.25, 0.3) is 30.4 Å². The number of azo groups is 2. The number of nitrogens with two attached hydrogens (primary N) is 2. The Bertz CT molecular complexity index is 2920. The van der Waals surface area contributed by atoms with Crippen molar-refractivity contribution in [3.8, 4) is 5.75 Å². The standard InChI is InChI=1S/C34H27N9O11S3/c35-19-6-12-24(26(44)16-19)41-38-22-9-7-20(8-10-22)37-25-13-11-23(17-27(25)55(46,47)48)40-42-32-28(56(49,50)51)14-18-15-29(57(52,53)54)33(34(45)30(18)31(32)36)43-39-21-4-2-1-3-5-21/h1-17,37,39,44H,35-36H2,(H,46,47,48)(H,49,50,51)(H,52,53,54)/b41-38?,42-40?,43-33+. The molecule has 0 bridgehead atoms. The SMILES string of the molecule is Nc1ccc(N=Nc2ccc(Nc3ccc(N=Nc4c(S(=O)(=O)O)cc5c(c4N)C(=O)/C(=N/Nc4ccccc4)C(S(=O)(=O)O)=C5)cc3S(=O)(=O)O)cc2)c(O)c1. The predicted molar refractivity (Wildman–Crippen MR) is 209 cm³/mol. The van der Waals surface area contributed by atoms with Crippen molar-refractivity contribution in [2.75, 3.05) is 22.2 Å². The van der Waals surface area contributed by atoms with E-state index < -0.39 is 79.0 Å². The normalized spacial score (nSPS) is 14.2. The lowest BCUT2D eigenvalue weighted by Gasteiger charge is -2.20. The molecule has 23 heteroatoms. The number of rotatable bonds is 11. The molecule has 6 rings (SSSR count). The van der Waals surface area contributed by atoms with Crippen LogP contribution in [0.1, 0.15) is 15.9 Å². The molecule has 1 aliphatic carbocycles. The number of benzene rings is 5. The molecule has 0 heterocycles. The first-order chi connectivity index (χ1) is 26.8. The maximum atomic E-state index is 13.7. The van der Waals surface area contributed by atoms with Gasteiger partial charge in [-0.2, -0.15) is 40.6 Å². The van der Waals surface area contributed by atoms with Gasteiger partial charge in [0.2, 0.25) is 5.78 Å². The Hall–Kier alpha value is -6.89. The summed E-state index contributed by atoms with van der Waals surface area (Å²) in [5, 5.41) is 32.3. The van der Waals surface area contributed by atoms with Gasteiger partial charge < -0.3 is 21.9 Å². The van der Waals surface area contributed by atoms with Crippen molar-refractivity contribution < 1.29 is 48.8 Å². The number of carbonyl (C=O) groups is 1. The molecule has 292 valence electrons. The molecule has 0 saturated carbocycles. The highest BCUT2D eigenvalue weighted by molar-refractivity contribution is 7.91. The Balaban J connectivity index is 1.34. The first kappa shape index (κ1) is 39.8. The number of aromatic hydroxyl groups is 1. The molecular formula is C34H27N9O11S3. The number of phenols is 1. The quantitative estimate of drug-likeness (QED) is 0.0304. The number of hydrogen-bond donors (Lipinski definition) is 8. The molecular weight excluding hydrogens is 807 g/mol. The van der Waals surface area contributed by atoms with Gasteiger partial charge in [0.15, 0.2) is 5.71 Å². The van der Waals surface area contributed by atoms with E-state index in [-0.39, 0.29) is 22.8 Å². The fraction of sp³-hybridized carbons (Fsp3) is 0. The summed E-state index contributed by atoms with van der Waals surface area (Å²) < 4.78 is 104. The highest BCUT2D eigenvalue weighted by Gasteiger charge is 2.37. The number of hydrazone groups is 1. The van der Waals surface area contributed by atoms with Gasteiger partial charge in [-0.25, -0.2) is 0 Å². The first-order valence-electron chi connectivity index (χ1n) is 15.8. The summed E-state index contributed by atoms with van der Waals surface area (Å²) in [6.45, 7) is 0. The van der Waals surface area contributed by atoms with Crippen molar-refractivity contribution in [3.63, 3.8) is 0 Å². The van der Waals surface area contributed by atoms with Crippen molar-refractivity contribution in [1.82, 2.24) is 0 Å². The van der Waals surface area contributed by atoms with Gasteiger partial charge in [0.1, 0.15) is 31.8 Å². The van der Waals surface area contributed by atoms with E-state index in [4.69, 9.17) is 11.5 Å². The number of fused-ring (bicyclic) bond motifs is 1. The number of nitrogens with zero attached hydrogens (tertiary/aromatic N) is 5. The van der Waals surface area contributed by atoms with Crippen molar-refractivity contribution in [2.45, 2.75) is 9.79 Å². The Labute approximate surface area is 323 Å². The van der Waals surface area contributed by atoms with Gasteiger partial charge in [-0.15, -0.1) is 10.2 Å². The monoisotopic (exact) mass is 833 g/mol. The molecule has 0 atom stereocenters. The highest BCUT2D eigenvalue weighted by atomic mass is 32.2.